The maximum atomic E-state index is 12.0. The minimum atomic E-state index is -3.46. The Kier molecular flexibility index (Phi) is 2.81. The number of rotatable bonds is 2. The molecule has 1 aromatic heterocycles. The highest BCUT2D eigenvalue weighted by Crippen LogP contribution is 2.18. The molecule has 0 saturated carbocycles. The van der Waals surface area contributed by atoms with Gasteiger partial charge in [-0.2, -0.15) is 4.31 Å². The first kappa shape index (κ1) is 10.7. The zero-order valence-electron chi connectivity index (χ0n) is 8.42. The molecule has 1 fully saturated rings. The summed E-state index contributed by atoms with van der Waals surface area (Å²) in [6, 6.07) is 3.02. The third-order valence-corrected chi connectivity index (χ3v) is 4.05. The smallest absolute Gasteiger partial charge is 0.276 e. The molecule has 1 saturated heterocycles. The van der Waals surface area contributed by atoms with Crippen LogP contribution < -0.4 is 0 Å². The minimum Gasteiger partial charge on any atom is -0.452 e. The Labute approximate surface area is 88.7 Å². The van der Waals surface area contributed by atoms with E-state index in [9.17, 15) is 8.42 Å². The van der Waals surface area contributed by atoms with Crippen molar-refractivity contribution in [3.05, 3.63) is 18.4 Å². The highest BCUT2D eigenvalue weighted by atomic mass is 32.2. The lowest BCUT2D eigenvalue weighted by Crippen LogP contribution is -2.44. The molecule has 1 unspecified atom stereocenters. The molecule has 0 aromatic carbocycles. The maximum Gasteiger partial charge on any atom is 0.276 e. The van der Waals surface area contributed by atoms with Crippen LogP contribution in [0.5, 0.6) is 0 Å². The van der Waals surface area contributed by atoms with Crippen LogP contribution in [0, 0.1) is 0 Å². The summed E-state index contributed by atoms with van der Waals surface area (Å²) < 4.78 is 35.5. The molecule has 5 nitrogen and oxygen atoms in total. The summed E-state index contributed by atoms with van der Waals surface area (Å²) in [5.74, 6) is 0. The van der Waals surface area contributed by atoms with Gasteiger partial charge in [0.2, 0.25) is 5.09 Å². The topological polar surface area (TPSA) is 59.8 Å². The number of hydrogen-bond donors (Lipinski definition) is 0. The van der Waals surface area contributed by atoms with Crippen molar-refractivity contribution in [1.29, 1.82) is 0 Å². The Morgan fingerprint density at radius 2 is 2.33 bits per heavy atom. The molecule has 0 amide bonds. The number of hydrogen-bond acceptors (Lipinski definition) is 4. The number of ether oxygens (including phenoxy) is 1. The SMILES string of the molecule is CC1CN(S(=O)(=O)c2ccco2)CCO1. The summed E-state index contributed by atoms with van der Waals surface area (Å²) in [6.45, 7) is 3.04. The Morgan fingerprint density at radius 3 is 2.93 bits per heavy atom. The maximum absolute atomic E-state index is 12.0. The second-order valence-corrected chi connectivity index (χ2v) is 5.35. The fourth-order valence-corrected chi connectivity index (χ4v) is 2.95. The van der Waals surface area contributed by atoms with Gasteiger partial charge in [-0.25, -0.2) is 8.42 Å². The molecule has 0 bridgehead atoms. The lowest BCUT2D eigenvalue weighted by atomic mass is 10.3. The van der Waals surface area contributed by atoms with Gasteiger partial charge in [-0.05, 0) is 19.1 Å². The molecule has 2 rings (SSSR count). The van der Waals surface area contributed by atoms with E-state index in [1.807, 2.05) is 6.92 Å². The fourth-order valence-electron chi connectivity index (χ4n) is 1.54. The van der Waals surface area contributed by atoms with E-state index in [2.05, 4.69) is 0 Å². The van der Waals surface area contributed by atoms with E-state index in [1.165, 1.54) is 16.6 Å². The molecule has 1 aliphatic heterocycles. The molecular formula is C9H13NO4S. The van der Waals surface area contributed by atoms with E-state index in [-0.39, 0.29) is 11.2 Å². The minimum absolute atomic E-state index is 0.00315. The average Bonchev–Trinajstić information content (AvgIpc) is 2.71. The predicted octanol–water partition coefficient (Wildman–Crippen LogP) is 0.689. The fraction of sp³-hybridized carbons (Fsp3) is 0.556. The zero-order valence-corrected chi connectivity index (χ0v) is 9.24. The number of morpholine rings is 1. The van der Waals surface area contributed by atoms with Crippen LogP contribution in [0.2, 0.25) is 0 Å². The second-order valence-electron chi connectivity index (χ2n) is 3.48. The summed E-state index contributed by atoms with van der Waals surface area (Å²) in [4.78, 5) is 0. The molecular weight excluding hydrogens is 218 g/mol. The van der Waals surface area contributed by atoms with E-state index in [0.717, 1.165) is 0 Å². The van der Waals surface area contributed by atoms with Crippen LogP contribution in [0.15, 0.2) is 27.9 Å². The number of furan rings is 1. The molecule has 6 heteroatoms. The van der Waals surface area contributed by atoms with Crippen LogP contribution in [0.3, 0.4) is 0 Å². The lowest BCUT2D eigenvalue weighted by Gasteiger charge is -2.29. The van der Waals surface area contributed by atoms with Gasteiger partial charge in [-0.3, -0.25) is 0 Å². The molecule has 2 heterocycles. The van der Waals surface area contributed by atoms with Crippen molar-refractivity contribution in [3.63, 3.8) is 0 Å². The van der Waals surface area contributed by atoms with Gasteiger partial charge < -0.3 is 9.15 Å². The monoisotopic (exact) mass is 231 g/mol. The van der Waals surface area contributed by atoms with Crippen LogP contribution >= 0.6 is 0 Å². The van der Waals surface area contributed by atoms with E-state index in [0.29, 0.717) is 19.7 Å². The second kappa shape index (κ2) is 3.96. The first-order valence-corrected chi connectivity index (χ1v) is 6.20. The van der Waals surface area contributed by atoms with Crippen LogP contribution in [0.1, 0.15) is 6.92 Å². The van der Waals surface area contributed by atoms with E-state index in [1.54, 1.807) is 6.07 Å². The Balaban J connectivity index is 2.22. The van der Waals surface area contributed by atoms with Gasteiger partial charge in [-0.1, -0.05) is 0 Å². The first-order chi connectivity index (χ1) is 7.10. The van der Waals surface area contributed by atoms with Crippen molar-refractivity contribution in [2.75, 3.05) is 19.7 Å². The normalized spacial score (nSPS) is 24.2. The zero-order chi connectivity index (χ0) is 10.9. The Bertz CT molecular complexity index is 411. The van der Waals surface area contributed by atoms with Crippen molar-refractivity contribution < 1.29 is 17.6 Å². The van der Waals surface area contributed by atoms with Gasteiger partial charge >= 0.3 is 0 Å². The van der Waals surface area contributed by atoms with Crippen molar-refractivity contribution >= 4 is 10.0 Å². The Morgan fingerprint density at radius 1 is 1.53 bits per heavy atom. The van der Waals surface area contributed by atoms with Gasteiger partial charge in [0, 0.05) is 13.1 Å². The van der Waals surface area contributed by atoms with Crippen LogP contribution in [-0.2, 0) is 14.8 Å². The Hall–Kier alpha value is -0.850. The summed E-state index contributed by atoms with van der Waals surface area (Å²) in [5, 5.41) is -0.00315. The van der Waals surface area contributed by atoms with Crippen LogP contribution in [0.25, 0.3) is 0 Å². The molecule has 0 N–H and O–H groups in total. The molecule has 0 radical (unpaired) electrons. The highest BCUT2D eigenvalue weighted by Gasteiger charge is 2.30. The van der Waals surface area contributed by atoms with Crippen LogP contribution in [0.4, 0.5) is 0 Å². The van der Waals surface area contributed by atoms with Gasteiger partial charge in [-0.15, -0.1) is 0 Å². The van der Waals surface area contributed by atoms with Gasteiger partial charge in [0.15, 0.2) is 0 Å². The third-order valence-electron chi connectivity index (χ3n) is 2.29. The van der Waals surface area contributed by atoms with E-state index >= 15 is 0 Å². The van der Waals surface area contributed by atoms with Crippen molar-refractivity contribution in [1.82, 2.24) is 4.31 Å². The highest BCUT2D eigenvalue weighted by molar-refractivity contribution is 7.89. The molecule has 1 aliphatic rings. The largest absolute Gasteiger partial charge is 0.452 e. The summed E-state index contributed by atoms with van der Waals surface area (Å²) in [7, 11) is -3.46. The first-order valence-electron chi connectivity index (χ1n) is 4.76. The third kappa shape index (κ3) is 2.06. The van der Waals surface area contributed by atoms with E-state index in [4.69, 9.17) is 9.15 Å². The molecule has 84 valence electrons. The van der Waals surface area contributed by atoms with E-state index < -0.39 is 10.0 Å². The van der Waals surface area contributed by atoms with Crippen molar-refractivity contribution in [2.45, 2.75) is 18.1 Å². The quantitative estimate of drug-likeness (QED) is 0.751. The lowest BCUT2D eigenvalue weighted by molar-refractivity contribution is 0.00977. The summed E-state index contributed by atoms with van der Waals surface area (Å²) in [6.07, 6.45) is 1.29. The van der Waals surface area contributed by atoms with Crippen molar-refractivity contribution in [3.8, 4) is 0 Å². The number of nitrogens with zero attached hydrogens (tertiary/aromatic N) is 1. The van der Waals surface area contributed by atoms with Crippen LogP contribution in [-0.4, -0.2) is 38.5 Å². The van der Waals surface area contributed by atoms with Gasteiger partial charge in [0.25, 0.3) is 10.0 Å². The molecule has 1 atom stereocenters. The summed E-state index contributed by atoms with van der Waals surface area (Å²) >= 11 is 0. The molecule has 0 spiro atoms. The average molecular weight is 231 g/mol. The molecule has 1 aromatic rings. The summed E-state index contributed by atoms with van der Waals surface area (Å²) in [5.41, 5.74) is 0. The van der Waals surface area contributed by atoms with Gasteiger partial charge in [0.05, 0.1) is 19.0 Å². The molecule has 15 heavy (non-hydrogen) atoms. The predicted molar refractivity (Wildman–Crippen MR) is 52.9 cm³/mol. The number of sulfonamides is 1. The van der Waals surface area contributed by atoms with Crippen molar-refractivity contribution in [2.24, 2.45) is 0 Å². The molecule has 0 aliphatic carbocycles. The van der Waals surface area contributed by atoms with Gasteiger partial charge in [0.1, 0.15) is 0 Å². The standard InChI is InChI=1S/C9H13NO4S/c1-8-7-10(4-6-13-8)15(11,12)9-3-2-5-14-9/h2-3,5,8H,4,6-7H2,1H3.